The van der Waals surface area contributed by atoms with E-state index in [9.17, 15) is 19.1 Å². The molecule has 4 rings (SSSR count). The molecule has 0 amide bonds. The SMILES string of the molecule is O=C(Cc1csc(-c2ccc(Cl)c(F)c2)c1C(=O)O)c1nc2ccccc2o1. The van der Waals surface area contributed by atoms with Gasteiger partial charge < -0.3 is 9.52 Å². The number of thiophene rings is 1. The van der Waals surface area contributed by atoms with Gasteiger partial charge in [-0.3, -0.25) is 4.79 Å². The molecule has 1 N–H and O–H groups in total. The number of hydrogen-bond donors (Lipinski definition) is 1. The van der Waals surface area contributed by atoms with Gasteiger partial charge >= 0.3 is 5.97 Å². The van der Waals surface area contributed by atoms with Crippen LogP contribution < -0.4 is 0 Å². The van der Waals surface area contributed by atoms with Crippen LogP contribution in [0.15, 0.2) is 52.3 Å². The van der Waals surface area contributed by atoms with Crippen molar-refractivity contribution in [1.82, 2.24) is 4.98 Å². The molecule has 2 heterocycles. The van der Waals surface area contributed by atoms with Gasteiger partial charge in [0, 0.05) is 11.3 Å². The number of aromatic carboxylic acids is 1. The smallest absolute Gasteiger partial charge is 0.337 e. The Morgan fingerprint density at radius 3 is 2.71 bits per heavy atom. The molecular weight excluding hydrogens is 405 g/mol. The highest BCUT2D eigenvalue weighted by atomic mass is 35.5. The van der Waals surface area contributed by atoms with Crippen LogP contribution in [0.5, 0.6) is 0 Å². The lowest BCUT2D eigenvalue weighted by Gasteiger charge is -2.04. The van der Waals surface area contributed by atoms with Crippen molar-refractivity contribution in [2.45, 2.75) is 6.42 Å². The number of aromatic nitrogens is 1. The van der Waals surface area contributed by atoms with Gasteiger partial charge in [0.05, 0.1) is 10.6 Å². The van der Waals surface area contributed by atoms with Crippen molar-refractivity contribution in [1.29, 1.82) is 0 Å². The van der Waals surface area contributed by atoms with Crippen molar-refractivity contribution in [2.24, 2.45) is 0 Å². The topological polar surface area (TPSA) is 80.4 Å². The second-order valence-electron chi connectivity index (χ2n) is 5.99. The Kier molecular flexibility index (Phi) is 4.70. The van der Waals surface area contributed by atoms with Crippen LogP contribution in [0.3, 0.4) is 0 Å². The summed E-state index contributed by atoms with van der Waals surface area (Å²) < 4.78 is 19.2. The Bertz CT molecular complexity index is 1200. The Balaban J connectivity index is 1.69. The summed E-state index contributed by atoms with van der Waals surface area (Å²) in [6.07, 6.45) is -0.193. The van der Waals surface area contributed by atoms with E-state index in [4.69, 9.17) is 16.0 Å². The molecule has 0 saturated heterocycles. The lowest BCUT2D eigenvalue weighted by Crippen LogP contribution is -2.08. The molecule has 8 heteroatoms. The average Bonchev–Trinajstić information content (AvgIpc) is 3.28. The van der Waals surface area contributed by atoms with E-state index in [1.54, 1.807) is 29.6 Å². The molecule has 5 nitrogen and oxygen atoms in total. The molecule has 0 spiro atoms. The first-order valence-electron chi connectivity index (χ1n) is 8.12. The summed E-state index contributed by atoms with van der Waals surface area (Å²) in [5, 5.41) is 11.2. The summed E-state index contributed by atoms with van der Waals surface area (Å²) >= 11 is 6.82. The van der Waals surface area contributed by atoms with E-state index >= 15 is 0 Å². The minimum absolute atomic E-state index is 0.0452. The fourth-order valence-electron chi connectivity index (χ4n) is 2.85. The van der Waals surface area contributed by atoms with Gasteiger partial charge in [0.2, 0.25) is 5.78 Å². The molecule has 2 aromatic carbocycles. The molecule has 0 radical (unpaired) electrons. The molecule has 140 valence electrons. The molecule has 0 bridgehead atoms. The summed E-state index contributed by atoms with van der Waals surface area (Å²) in [5.74, 6) is -2.37. The van der Waals surface area contributed by atoms with Crippen LogP contribution in [-0.4, -0.2) is 21.8 Å². The third-order valence-corrected chi connectivity index (χ3v) is 5.53. The van der Waals surface area contributed by atoms with E-state index in [0.29, 0.717) is 27.1 Å². The number of Topliss-reactive ketones (excluding diaryl/α,β-unsaturated/α-hetero) is 1. The number of carbonyl (C=O) groups excluding carboxylic acids is 1. The molecular formula is C20H11ClFNO4S. The summed E-state index contributed by atoms with van der Waals surface area (Å²) in [7, 11) is 0. The van der Waals surface area contributed by atoms with Gasteiger partial charge in [0.15, 0.2) is 5.58 Å². The molecule has 4 aromatic rings. The van der Waals surface area contributed by atoms with Crippen LogP contribution in [0, 0.1) is 5.82 Å². The fraction of sp³-hybridized carbons (Fsp3) is 0.0500. The van der Waals surface area contributed by atoms with Gasteiger partial charge in [-0.25, -0.2) is 14.2 Å². The average molecular weight is 416 g/mol. The Labute approximate surface area is 167 Å². The maximum Gasteiger partial charge on any atom is 0.337 e. The van der Waals surface area contributed by atoms with Gasteiger partial charge in [-0.05, 0) is 40.8 Å². The molecule has 0 atom stereocenters. The number of halogens is 2. The highest BCUT2D eigenvalue weighted by Crippen LogP contribution is 2.35. The number of benzene rings is 2. The van der Waals surface area contributed by atoms with Gasteiger partial charge in [0.25, 0.3) is 5.89 Å². The van der Waals surface area contributed by atoms with Crippen molar-refractivity contribution in [3.63, 3.8) is 0 Å². The molecule has 0 saturated carbocycles. The number of para-hydroxylation sites is 2. The van der Waals surface area contributed by atoms with E-state index in [2.05, 4.69) is 4.98 Å². The predicted molar refractivity (Wildman–Crippen MR) is 104 cm³/mol. The second kappa shape index (κ2) is 7.18. The summed E-state index contributed by atoms with van der Waals surface area (Å²) in [6, 6.07) is 11.0. The number of carbonyl (C=O) groups is 2. The zero-order chi connectivity index (χ0) is 19.8. The lowest BCUT2D eigenvalue weighted by atomic mass is 10.0. The van der Waals surface area contributed by atoms with Crippen LogP contribution >= 0.6 is 22.9 Å². The van der Waals surface area contributed by atoms with Crippen LogP contribution in [-0.2, 0) is 6.42 Å². The molecule has 0 aliphatic carbocycles. The number of ketones is 1. The van der Waals surface area contributed by atoms with Crippen LogP contribution in [0.1, 0.15) is 26.6 Å². The standard InChI is InChI=1S/C20H11ClFNO4S/c21-12-6-5-10(7-13(12)22)18-17(20(25)26)11(9-28-18)8-15(24)19-23-14-3-1-2-4-16(14)27-19/h1-7,9H,8H2,(H,25,26). The first-order chi connectivity index (χ1) is 13.4. The van der Waals surface area contributed by atoms with Gasteiger partial charge in [-0.1, -0.05) is 29.8 Å². The summed E-state index contributed by atoms with van der Waals surface area (Å²) in [5.41, 5.74) is 1.68. The quantitative estimate of drug-likeness (QED) is 0.437. The molecule has 0 aliphatic rings. The number of nitrogens with zero attached hydrogens (tertiary/aromatic N) is 1. The zero-order valence-electron chi connectivity index (χ0n) is 14.1. The van der Waals surface area contributed by atoms with Crippen LogP contribution in [0.25, 0.3) is 21.5 Å². The molecule has 0 aliphatic heterocycles. The second-order valence-corrected chi connectivity index (χ2v) is 7.27. The normalized spacial score (nSPS) is 11.1. The van der Waals surface area contributed by atoms with Crippen LogP contribution in [0.4, 0.5) is 4.39 Å². The third kappa shape index (κ3) is 3.30. The van der Waals surface area contributed by atoms with Crippen molar-refractivity contribution in [2.75, 3.05) is 0 Å². The van der Waals surface area contributed by atoms with Crippen molar-refractivity contribution >= 4 is 45.8 Å². The number of rotatable bonds is 5. The van der Waals surface area contributed by atoms with E-state index in [1.165, 1.54) is 18.2 Å². The number of carboxylic acids is 1. The monoisotopic (exact) mass is 415 g/mol. The van der Waals surface area contributed by atoms with Gasteiger partial charge in [-0.15, -0.1) is 11.3 Å². The molecule has 2 aromatic heterocycles. The first-order valence-corrected chi connectivity index (χ1v) is 9.37. The third-order valence-electron chi connectivity index (χ3n) is 4.15. The molecule has 0 unspecified atom stereocenters. The van der Waals surface area contributed by atoms with Gasteiger partial charge in [0.1, 0.15) is 11.3 Å². The maximum absolute atomic E-state index is 13.8. The predicted octanol–water partition coefficient (Wildman–Crippen LogP) is 5.47. The van der Waals surface area contributed by atoms with Crippen molar-refractivity contribution < 1.29 is 23.5 Å². The number of carboxylic acid groups (broad SMARTS) is 1. The number of hydrogen-bond acceptors (Lipinski definition) is 5. The Morgan fingerprint density at radius 1 is 1.21 bits per heavy atom. The largest absolute Gasteiger partial charge is 0.478 e. The summed E-state index contributed by atoms with van der Waals surface area (Å²) in [6.45, 7) is 0. The summed E-state index contributed by atoms with van der Waals surface area (Å²) in [4.78, 5) is 28.9. The molecule has 0 fully saturated rings. The lowest BCUT2D eigenvalue weighted by molar-refractivity contribution is 0.0697. The zero-order valence-corrected chi connectivity index (χ0v) is 15.7. The van der Waals surface area contributed by atoms with E-state index in [-0.39, 0.29) is 22.9 Å². The van der Waals surface area contributed by atoms with E-state index in [0.717, 1.165) is 11.3 Å². The minimum atomic E-state index is -1.20. The van der Waals surface area contributed by atoms with Gasteiger partial charge in [-0.2, -0.15) is 0 Å². The van der Waals surface area contributed by atoms with Crippen molar-refractivity contribution in [3.8, 4) is 10.4 Å². The first kappa shape index (κ1) is 18.3. The van der Waals surface area contributed by atoms with Crippen molar-refractivity contribution in [3.05, 3.63) is 75.7 Å². The highest BCUT2D eigenvalue weighted by molar-refractivity contribution is 7.14. The minimum Gasteiger partial charge on any atom is -0.478 e. The Hall–Kier alpha value is -3.03. The fourth-order valence-corrected chi connectivity index (χ4v) is 4.03. The van der Waals surface area contributed by atoms with Crippen LogP contribution in [0.2, 0.25) is 5.02 Å². The maximum atomic E-state index is 13.8. The molecule has 28 heavy (non-hydrogen) atoms. The van der Waals surface area contributed by atoms with E-state index in [1.807, 2.05) is 0 Å². The highest BCUT2D eigenvalue weighted by Gasteiger charge is 2.24. The number of fused-ring (bicyclic) bond motifs is 1. The number of oxazole rings is 1. The van der Waals surface area contributed by atoms with E-state index < -0.39 is 17.6 Å². The Morgan fingerprint density at radius 2 is 2.00 bits per heavy atom.